The highest BCUT2D eigenvalue weighted by atomic mass is 35.5. The lowest BCUT2D eigenvalue weighted by Gasteiger charge is -2.33. The number of nitrogens with zero attached hydrogens (tertiary/aromatic N) is 3. The summed E-state index contributed by atoms with van der Waals surface area (Å²) in [5.74, 6) is 1.55. The Labute approximate surface area is 145 Å². The van der Waals surface area contributed by atoms with Gasteiger partial charge in [-0.3, -0.25) is 0 Å². The van der Waals surface area contributed by atoms with Gasteiger partial charge in [-0.15, -0.1) is 0 Å². The van der Waals surface area contributed by atoms with Gasteiger partial charge in [-0.25, -0.2) is 4.98 Å². The van der Waals surface area contributed by atoms with Gasteiger partial charge in [-0.05, 0) is 43.2 Å². The molecular weight excluding hydrogens is 320 g/mol. The first kappa shape index (κ1) is 15.0. The third-order valence-electron chi connectivity index (χ3n) is 4.73. The molecule has 0 bridgehead atoms. The number of nitriles is 1. The predicted molar refractivity (Wildman–Crippen MR) is 96.4 cm³/mol. The number of hydrogen-bond donors (Lipinski definition) is 1. The number of para-hydroxylation sites is 2. The summed E-state index contributed by atoms with van der Waals surface area (Å²) in [4.78, 5) is 10.5. The van der Waals surface area contributed by atoms with E-state index in [2.05, 4.69) is 22.0 Å². The smallest absolute Gasteiger partial charge is 0.110 e. The van der Waals surface area contributed by atoms with Crippen LogP contribution in [-0.2, 0) is 0 Å². The zero-order valence-corrected chi connectivity index (χ0v) is 13.9. The van der Waals surface area contributed by atoms with Crippen molar-refractivity contribution in [1.82, 2.24) is 9.97 Å². The zero-order chi connectivity index (χ0) is 16.5. The molecule has 0 saturated carbocycles. The second kappa shape index (κ2) is 6.18. The van der Waals surface area contributed by atoms with Crippen LogP contribution in [0.3, 0.4) is 0 Å². The van der Waals surface area contributed by atoms with Gasteiger partial charge in [0.15, 0.2) is 0 Å². The molecule has 120 valence electrons. The van der Waals surface area contributed by atoms with Crippen LogP contribution in [0.2, 0.25) is 5.02 Å². The van der Waals surface area contributed by atoms with Gasteiger partial charge in [0.1, 0.15) is 11.9 Å². The molecule has 2 heterocycles. The largest absolute Gasteiger partial charge is 0.371 e. The molecule has 4 rings (SSSR count). The van der Waals surface area contributed by atoms with Gasteiger partial charge < -0.3 is 9.88 Å². The lowest BCUT2D eigenvalue weighted by Crippen LogP contribution is -2.33. The fourth-order valence-corrected chi connectivity index (χ4v) is 3.59. The summed E-state index contributed by atoms with van der Waals surface area (Å²) in [6, 6.07) is 15.9. The number of aromatic nitrogens is 2. The Morgan fingerprint density at radius 1 is 1.17 bits per heavy atom. The van der Waals surface area contributed by atoms with Crippen LogP contribution in [0.1, 0.15) is 30.1 Å². The molecule has 5 heteroatoms. The lowest BCUT2D eigenvalue weighted by molar-refractivity contribution is 0.490. The summed E-state index contributed by atoms with van der Waals surface area (Å²) in [6.45, 7) is 1.92. The fraction of sp³-hybridized carbons (Fsp3) is 0.263. The molecule has 0 radical (unpaired) electrons. The van der Waals surface area contributed by atoms with Crippen molar-refractivity contribution in [2.45, 2.75) is 18.8 Å². The van der Waals surface area contributed by atoms with Crippen molar-refractivity contribution in [2.75, 3.05) is 18.0 Å². The molecule has 1 saturated heterocycles. The Balaban J connectivity index is 1.48. The number of piperidine rings is 1. The van der Waals surface area contributed by atoms with Gasteiger partial charge >= 0.3 is 0 Å². The van der Waals surface area contributed by atoms with E-state index in [0.717, 1.165) is 48.5 Å². The Morgan fingerprint density at radius 2 is 1.96 bits per heavy atom. The Hall–Kier alpha value is -2.51. The number of nitrogens with one attached hydrogen (secondary N) is 1. The molecule has 0 spiro atoms. The minimum atomic E-state index is 0.461. The summed E-state index contributed by atoms with van der Waals surface area (Å²) in [7, 11) is 0. The maximum Gasteiger partial charge on any atom is 0.110 e. The number of halogens is 1. The lowest BCUT2D eigenvalue weighted by atomic mass is 9.95. The minimum Gasteiger partial charge on any atom is -0.371 e. The van der Waals surface area contributed by atoms with E-state index in [1.807, 2.05) is 30.3 Å². The number of anilines is 1. The highest BCUT2D eigenvalue weighted by Gasteiger charge is 2.23. The van der Waals surface area contributed by atoms with Crippen LogP contribution in [0.4, 0.5) is 5.69 Å². The van der Waals surface area contributed by atoms with Gasteiger partial charge in [0.2, 0.25) is 0 Å². The third kappa shape index (κ3) is 2.72. The number of hydrogen-bond acceptors (Lipinski definition) is 3. The van der Waals surface area contributed by atoms with Crippen molar-refractivity contribution in [3.8, 4) is 6.07 Å². The molecule has 0 aliphatic carbocycles. The summed E-state index contributed by atoms with van der Waals surface area (Å²) in [5, 5.41) is 9.50. The summed E-state index contributed by atoms with van der Waals surface area (Å²) < 4.78 is 0. The van der Waals surface area contributed by atoms with E-state index in [1.54, 1.807) is 6.07 Å². The average Bonchev–Trinajstić information content (AvgIpc) is 3.06. The monoisotopic (exact) mass is 336 g/mol. The van der Waals surface area contributed by atoms with Crippen LogP contribution < -0.4 is 4.90 Å². The normalized spacial score (nSPS) is 15.6. The topological polar surface area (TPSA) is 55.7 Å². The van der Waals surface area contributed by atoms with Gasteiger partial charge in [0.25, 0.3) is 0 Å². The average molecular weight is 337 g/mol. The van der Waals surface area contributed by atoms with Gasteiger partial charge in [-0.2, -0.15) is 5.26 Å². The van der Waals surface area contributed by atoms with E-state index in [-0.39, 0.29) is 0 Å². The SMILES string of the molecule is N#Cc1ccc(N2CCC(c3nc4ccccc4[nH]3)CC2)cc1Cl. The maximum atomic E-state index is 8.98. The Kier molecular flexibility index (Phi) is 3.87. The summed E-state index contributed by atoms with van der Waals surface area (Å²) >= 11 is 6.15. The predicted octanol–water partition coefficient (Wildman–Crippen LogP) is 4.47. The van der Waals surface area contributed by atoms with Crippen LogP contribution in [-0.4, -0.2) is 23.1 Å². The molecule has 3 aromatic rings. The molecule has 4 nitrogen and oxygen atoms in total. The molecule has 0 amide bonds. The van der Waals surface area contributed by atoms with Gasteiger partial charge in [0, 0.05) is 24.7 Å². The Morgan fingerprint density at radius 3 is 2.67 bits per heavy atom. The highest BCUT2D eigenvalue weighted by Crippen LogP contribution is 2.31. The van der Waals surface area contributed by atoms with E-state index < -0.39 is 0 Å². The molecule has 1 aliphatic rings. The van der Waals surface area contributed by atoms with Crippen molar-refractivity contribution < 1.29 is 0 Å². The molecular formula is C19H17ClN4. The van der Waals surface area contributed by atoms with E-state index in [4.69, 9.17) is 21.8 Å². The second-order valence-corrected chi connectivity index (χ2v) is 6.58. The second-order valence-electron chi connectivity index (χ2n) is 6.18. The molecule has 1 fully saturated rings. The molecule has 0 unspecified atom stereocenters. The minimum absolute atomic E-state index is 0.461. The van der Waals surface area contributed by atoms with Gasteiger partial charge in [0.05, 0.1) is 21.6 Å². The van der Waals surface area contributed by atoms with Crippen LogP contribution in [0.5, 0.6) is 0 Å². The standard InChI is InChI=1S/C19H17ClN4/c20-16-11-15(6-5-14(16)12-21)24-9-7-13(8-10-24)19-22-17-3-1-2-4-18(17)23-19/h1-6,11,13H,7-10H2,(H,22,23). The molecule has 0 atom stereocenters. The van der Waals surface area contributed by atoms with Gasteiger partial charge in [-0.1, -0.05) is 23.7 Å². The fourth-order valence-electron chi connectivity index (χ4n) is 3.37. The van der Waals surface area contributed by atoms with Crippen molar-refractivity contribution in [2.24, 2.45) is 0 Å². The molecule has 1 aliphatic heterocycles. The highest BCUT2D eigenvalue weighted by molar-refractivity contribution is 6.32. The summed E-state index contributed by atoms with van der Waals surface area (Å²) in [6.07, 6.45) is 2.11. The number of fused-ring (bicyclic) bond motifs is 1. The van der Waals surface area contributed by atoms with E-state index in [0.29, 0.717) is 16.5 Å². The zero-order valence-electron chi connectivity index (χ0n) is 13.2. The van der Waals surface area contributed by atoms with Crippen molar-refractivity contribution in [3.63, 3.8) is 0 Å². The van der Waals surface area contributed by atoms with E-state index in [1.165, 1.54) is 0 Å². The number of aromatic amines is 1. The third-order valence-corrected chi connectivity index (χ3v) is 5.04. The van der Waals surface area contributed by atoms with Crippen molar-refractivity contribution >= 4 is 28.3 Å². The maximum absolute atomic E-state index is 8.98. The molecule has 2 aromatic carbocycles. The van der Waals surface area contributed by atoms with Crippen molar-refractivity contribution in [3.05, 3.63) is 58.9 Å². The van der Waals surface area contributed by atoms with Crippen LogP contribution in [0.25, 0.3) is 11.0 Å². The molecule has 1 N–H and O–H groups in total. The first-order chi connectivity index (χ1) is 11.7. The molecule has 24 heavy (non-hydrogen) atoms. The van der Waals surface area contributed by atoms with E-state index in [9.17, 15) is 0 Å². The van der Waals surface area contributed by atoms with Crippen LogP contribution >= 0.6 is 11.6 Å². The number of imidazole rings is 1. The number of rotatable bonds is 2. The Bertz CT molecular complexity index is 884. The number of H-pyrrole nitrogens is 1. The van der Waals surface area contributed by atoms with Crippen molar-refractivity contribution in [1.29, 1.82) is 5.26 Å². The van der Waals surface area contributed by atoms with E-state index >= 15 is 0 Å². The first-order valence-electron chi connectivity index (χ1n) is 8.14. The molecule has 1 aromatic heterocycles. The number of benzene rings is 2. The van der Waals surface area contributed by atoms with Crippen LogP contribution in [0.15, 0.2) is 42.5 Å². The first-order valence-corrected chi connectivity index (χ1v) is 8.51. The summed E-state index contributed by atoms with van der Waals surface area (Å²) in [5.41, 5.74) is 3.75. The van der Waals surface area contributed by atoms with Crippen LogP contribution in [0, 0.1) is 11.3 Å². The quantitative estimate of drug-likeness (QED) is 0.751.